The maximum absolute atomic E-state index is 12.7. The number of unbranched alkanes of at least 4 members (excludes halogenated alkanes) is 23. The molecule has 0 radical (unpaired) electrons. The molecule has 0 spiro atoms. The smallest absolute Gasteiger partial charge is 0.361 e. The lowest BCUT2D eigenvalue weighted by molar-refractivity contribution is -0.870. The standard InChI is InChI=1S/C44H83NO8/c1-6-8-10-12-14-16-17-18-19-20-21-22-23-24-25-27-29-31-33-35-42(47)53-40(39-52-44(43(48)49)50-37-36-45(3,4)5)38-51-41(46)34-32-30-28-26-15-13-11-9-7-2/h18-19,40,44H,6-17,20-39H2,1-5H3/p+1/b19-18-. The summed E-state index contributed by atoms with van der Waals surface area (Å²) in [5.41, 5.74) is 0. The average molecular weight is 755 g/mol. The third kappa shape index (κ3) is 38.1. The molecule has 0 amide bonds. The quantitative estimate of drug-likeness (QED) is 0.0217. The van der Waals surface area contributed by atoms with Crippen LogP contribution in [0.25, 0.3) is 0 Å². The number of nitrogens with zero attached hydrogens (tertiary/aromatic N) is 1. The van der Waals surface area contributed by atoms with Gasteiger partial charge in [-0.1, -0.05) is 154 Å². The van der Waals surface area contributed by atoms with Crippen molar-refractivity contribution in [1.29, 1.82) is 0 Å². The van der Waals surface area contributed by atoms with E-state index in [0.717, 1.165) is 38.5 Å². The molecule has 2 atom stereocenters. The van der Waals surface area contributed by atoms with Gasteiger partial charge in [-0.2, -0.15) is 0 Å². The van der Waals surface area contributed by atoms with Gasteiger partial charge in [0.25, 0.3) is 6.29 Å². The molecular weight excluding hydrogens is 670 g/mol. The minimum Gasteiger partial charge on any atom is -0.477 e. The Morgan fingerprint density at radius 2 is 0.962 bits per heavy atom. The van der Waals surface area contributed by atoms with Gasteiger partial charge < -0.3 is 28.5 Å². The highest BCUT2D eigenvalue weighted by Gasteiger charge is 2.25. The number of ether oxygens (including phenoxy) is 4. The van der Waals surface area contributed by atoms with Crippen LogP contribution in [0.3, 0.4) is 0 Å². The van der Waals surface area contributed by atoms with Gasteiger partial charge in [0.15, 0.2) is 6.10 Å². The number of quaternary nitrogens is 1. The molecule has 0 aliphatic heterocycles. The zero-order chi connectivity index (χ0) is 39.3. The molecule has 53 heavy (non-hydrogen) atoms. The van der Waals surface area contributed by atoms with Gasteiger partial charge in [0.2, 0.25) is 0 Å². The van der Waals surface area contributed by atoms with Crippen LogP contribution in [0.2, 0.25) is 0 Å². The van der Waals surface area contributed by atoms with Crippen molar-refractivity contribution in [3.8, 4) is 0 Å². The summed E-state index contributed by atoms with van der Waals surface area (Å²) in [6.45, 7) is 4.85. The highest BCUT2D eigenvalue weighted by atomic mass is 16.7. The van der Waals surface area contributed by atoms with Crippen molar-refractivity contribution >= 4 is 17.9 Å². The molecule has 2 unspecified atom stereocenters. The molecule has 312 valence electrons. The van der Waals surface area contributed by atoms with Crippen molar-refractivity contribution in [2.75, 3.05) is 47.5 Å². The van der Waals surface area contributed by atoms with Crippen molar-refractivity contribution in [2.24, 2.45) is 0 Å². The molecule has 9 heteroatoms. The lowest BCUT2D eigenvalue weighted by Crippen LogP contribution is -2.40. The normalized spacial score (nSPS) is 13.0. The summed E-state index contributed by atoms with van der Waals surface area (Å²) in [5.74, 6) is -2.00. The van der Waals surface area contributed by atoms with E-state index in [2.05, 4.69) is 26.0 Å². The van der Waals surface area contributed by atoms with Crippen LogP contribution < -0.4 is 0 Å². The SMILES string of the molecule is CCCCCCCC/C=C\CCCCCCCCCCCC(=O)OC(COC(=O)CCCCCCCCCCC)COC(OCC[N+](C)(C)C)C(=O)O. The van der Waals surface area contributed by atoms with E-state index in [4.69, 9.17) is 18.9 Å². The molecular formula is C44H84NO8+. The number of carboxylic acids is 1. The number of carboxylic acid groups (broad SMARTS) is 1. The number of rotatable bonds is 40. The zero-order valence-electron chi connectivity index (χ0n) is 35.2. The van der Waals surface area contributed by atoms with Gasteiger partial charge in [-0.25, -0.2) is 4.79 Å². The molecule has 0 aliphatic carbocycles. The fourth-order valence-electron chi connectivity index (χ4n) is 6.07. The van der Waals surface area contributed by atoms with Crippen molar-refractivity contribution in [3.63, 3.8) is 0 Å². The van der Waals surface area contributed by atoms with Crippen LogP contribution in [0.15, 0.2) is 12.2 Å². The molecule has 0 rings (SSSR count). The molecule has 0 fully saturated rings. The summed E-state index contributed by atoms with van der Waals surface area (Å²) < 4.78 is 22.7. The van der Waals surface area contributed by atoms with E-state index < -0.39 is 24.3 Å². The first-order chi connectivity index (χ1) is 25.6. The second kappa shape index (κ2) is 37.0. The summed E-state index contributed by atoms with van der Waals surface area (Å²) in [7, 11) is 5.95. The Bertz CT molecular complexity index is 887. The van der Waals surface area contributed by atoms with Crippen molar-refractivity contribution < 1.29 is 42.9 Å². The first-order valence-electron chi connectivity index (χ1n) is 21.9. The van der Waals surface area contributed by atoms with E-state index in [-0.39, 0.29) is 32.2 Å². The van der Waals surface area contributed by atoms with Gasteiger partial charge in [-0.05, 0) is 38.5 Å². The highest BCUT2D eigenvalue weighted by molar-refractivity contribution is 5.71. The first kappa shape index (κ1) is 51.0. The predicted octanol–water partition coefficient (Wildman–Crippen LogP) is 11.1. The second-order valence-electron chi connectivity index (χ2n) is 16.0. The molecule has 9 nitrogen and oxygen atoms in total. The van der Waals surface area contributed by atoms with Crippen LogP contribution in [0.5, 0.6) is 0 Å². The third-order valence-corrected chi connectivity index (χ3v) is 9.52. The molecule has 1 N–H and O–H groups in total. The van der Waals surface area contributed by atoms with Crippen LogP contribution in [0.4, 0.5) is 0 Å². The van der Waals surface area contributed by atoms with E-state index in [1.165, 1.54) is 128 Å². The lowest BCUT2D eigenvalue weighted by Gasteiger charge is -2.25. The van der Waals surface area contributed by atoms with E-state index in [1.807, 2.05) is 21.1 Å². The van der Waals surface area contributed by atoms with Crippen LogP contribution in [0, 0.1) is 0 Å². The Labute approximate surface area is 325 Å². The summed E-state index contributed by atoms with van der Waals surface area (Å²) in [6, 6.07) is 0. The zero-order valence-corrected chi connectivity index (χ0v) is 35.2. The number of allylic oxidation sites excluding steroid dienone is 2. The molecule has 0 aromatic rings. The largest absolute Gasteiger partial charge is 0.477 e. The molecule has 0 heterocycles. The predicted molar refractivity (Wildman–Crippen MR) is 217 cm³/mol. The van der Waals surface area contributed by atoms with Gasteiger partial charge in [-0.15, -0.1) is 0 Å². The number of aliphatic carboxylic acids is 1. The van der Waals surface area contributed by atoms with Gasteiger partial charge in [0, 0.05) is 12.8 Å². The average Bonchev–Trinajstić information content (AvgIpc) is 3.11. The minimum absolute atomic E-state index is 0.178. The van der Waals surface area contributed by atoms with E-state index in [1.54, 1.807) is 0 Å². The van der Waals surface area contributed by atoms with Crippen LogP contribution in [-0.2, 0) is 33.3 Å². The fraction of sp³-hybridized carbons (Fsp3) is 0.886. The Hall–Kier alpha value is -1.97. The Kier molecular flexibility index (Phi) is 35.6. The van der Waals surface area contributed by atoms with Crippen molar-refractivity contribution in [3.05, 3.63) is 12.2 Å². The highest BCUT2D eigenvalue weighted by Crippen LogP contribution is 2.14. The van der Waals surface area contributed by atoms with Crippen LogP contribution >= 0.6 is 0 Å². The van der Waals surface area contributed by atoms with Crippen LogP contribution in [-0.4, -0.2) is 87.4 Å². The Balaban J connectivity index is 4.36. The Morgan fingerprint density at radius 1 is 0.547 bits per heavy atom. The lowest BCUT2D eigenvalue weighted by atomic mass is 10.1. The number of esters is 2. The molecule has 0 saturated carbocycles. The summed E-state index contributed by atoms with van der Waals surface area (Å²) >= 11 is 0. The monoisotopic (exact) mass is 755 g/mol. The van der Waals surface area contributed by atoms with E-state index >= 15 is 0 Å². The number of carbonyl (C=O) groups is 3. The van der Waals surface area contributed by atoms with Crippen molar-refractivity contribution in [1.82, 2.24) is 0 Å². The van der Waals surface area contributed by atoms with Crippen molar-refractivity contribution in [2.45, 2.75) is 206 Å². The third-order valence-electron chi connectivity index (χ3n) is 9.52. The summed E-state index contributed by atoms with van der Waals surface area (Å²) in [5, 5.41) is 9.60. The molecule has 0 saturated heterocycles. The van der Waals surface area contributed by atoms with Gasteiger partial charge in [0.1, 0.15) is 13.2 Å². The fourth-order valence-corrected chi connectivity index (χ4v) is 6.07. The minimum atomic E-state index is -1.50. The topological polar surface area (TPSA) is 108 Å². The molecule has 0 bridgehead atoms. The molecule has 0 aliphatic rings. The molecule has 0 aromatic carbocycles. The maximum atomic E-state index is 12.7. The van der Waals surface area contributed by atoms with E-state index in [9.17, 15) is 19.5 Å². The van der Waals surface area contributed by atoms with Crippen LogP contribution in [0.1, 0.15) is 194 Å². The first-order valence-corrected chi connectivity index (χ1v) is 21.9. The Morgan fingerprint density at radius 3 is 1.40 bits per heavy atom. The summed E-state index contributed by atoms with van der Waals surface area (Å²) in [4.78, 5) is 36.9. The second-order valence-corrected chi connectivity index (χ2v) is 16.0. The van der Waals surface area contributed by atoms with Gasteiger partial charge >= 0.3 is 17.9 Å². The van der Waals surface area contributed by atoms with Gasteiger partial charge in [0.05, 0.1) is 34.4 Å². The molecule has 0 aromatic heterocycles. The number of hydrogen-bond acceptors (Lipinski definition) is 7. The maximum Gasteiger partial charge on any atom is 0.361 e. The number of likely N-dealkylation sites (N-methyl/N-ethyl adjacent to an activating group) is 1. The summed E-state index contributed by atoms with van der Waals surface area (Å²) in [6.07, 6.45) is 34.2. The number of hydrogen-bond donors (Lipinski definition) is 1. The van der Waals surface area contributed by atoms with Gasteiger partial charge in [-0.3, -0.25) is 9.59 Å². The van der Waals surface area contributed by atoms with E-state index in [0.29, 0.717) is 17.4 Å². The number of carbonyl (C=O) groups excluding carboxylic acids is 2.